The molecule has 17 heavy (non-hydrogen) atoms. The van der Waals surface area contributed by atoms with Crippen molar-refractivity contribution < 1.29 is 5.11 Å². The van der Waals surface area contributed by atoms with Crippen LogP contribution in [-0.2, 0) is 0 Å². The van der Waals surface area contributed by atoms with E-state index in [4.69, 9.17) is 5.11 Å². The van der Waals surface area contributed by atoms with Gasteiger partial charge in [-0.3, -0.25) is 4.98 Å². The van der Waals surface area contributed by atoms with Gasteiger partial charge in [0.15, 0.2) is 0 Å². The monoisotopic (exact) mass is 231 g/mol. The van der Waals surface area contributed by atoms with Gasteiger partial charge in [0.25, 0.3) is 0 Å². The van der Waals surface area contributed by atoms with Gasteiger partial charge in [0.1, 0.15) is 0 Å². The summed E-state index contributed by atoms with van der Waals surface area (Å²) in [5.74, 6) is 0. The van der Waals surface area contributed by atoms with Gasteiger partial charge in [-0.15, -0.1) is 0 Å². The molecule has 0 aliphatic rings. The van der Waals surface area contributed by atoms with Crippen LogP contribution in [-0.4, -0.2) is 37.3 Å². The van der Waals surface area contributed by atoms with E-state index in [9.17, 15) is 0 Å². The minimum atomic E-state index is 0.122. The van der Waals surface area contributed by atoms with Crippen LogP contribution < -0.4 is 10.2 Å². The van der Waals surface area contributed by atoms with E-state index in [2.05, 4.69) is 21.3 Å². The van der Waals surface area contributed by atoms with E-state index in [0.29, 0.717) is 6.54 Å². The van der Waals surface area contributed by atoms with Gasteiger partial charge in [0, 0.05) is 43.6 Å². The predicted molar refractivity (Wildman–Crippen MR) is 71.6 cm³/mol. The molecule has 2 aromatic rings. The lowest BCUT2D eigenvalue weighted by molar-refractivity contribution is 0.311. The van der Waals surface area contributed by atoms with Gasteiger partial charge in [-0.2, -0.15) is 0 Å². The van der Waals surface area contributed by atoms with Crippen molar-refractivity contribution in [2.45, 2.75) is 0 Å². The molecule has 0 atom stereocenters. The summed E-state index contributed by atoms with van der Waals surface area (Å²) in [5, 5.41) is 13.1. The van der Waals surface area contributed by atoms with Crippen LogP contribution in [0.5, 0.6) is 0 Å². The molecule has 0 unspecified atom stereocenters. The summed E-state index contributed by atoms with van der Waals surface area (Å²) in [4.78, 5) is 6.39. The molecule has 0 bridgehead atoms. The normalized spacial score (nSPS) is 10.5. The number of benzene rings is 1. The zero-order chi connectivity index (χ0) is 12.3. The highest BCUT2D eigenvalue weighted by Crippen LogP contribution is 2.25. The van der Waals surface area contributed by atoms with Gasteiger partial charge in [-0.1, -0.05) is 0 Å². The van der Waals surface area contributed by atoms with Crippen LogP contribution in [0.2, 0.25) is 0 Å². The van der Waals surface area contributed by atoms with Crippen LogP contribution in [0, 0.1) is 0 Å². The number of pyridine rings is 1. The van der Waals surface area contributed by atoms with Gasteiger partial charge in [-0.25, -0.2) is 0 Å². The fourth-order valence-corrected chi connectivity index (χ4v) is 1.76. The number of aliphatic hydroxyl groups excluding tert-OH is 1. The molecule has 0 aliphatic heterocycles. The minimum Gasteiger partial charge on any atom is -0.395 e. The maximum Gasteiger partial charge on any atom is 0.0724 e. The van der Waals surface area contributed by atoms with Crippen molar-refractivity contribution in [1.29, 1.82) is 0 Å². The molecular weight excluding hydrogens is 214 g/mol. The highest BCUT2D eigenvalue weighted by molar-refractivity contribution is 5.93. The molecule has 0 radical (unpaired) electrons. The Kier molecular flexibility index (Phi) is 3.44. The average Bonchev–Trinajstić information content (AvgIpc) is 2.35. The lowest BCUT2D eigenvalue weighted by Gasteiger charge is -2.14. The molecule has 0 spiro atoms. The molecule has 1 aromatic heterocycles. The molecule has 2 rings (SSSR count). The van der Waals surface area contributed by atoms with Crippen LogP contribution >= 0.6 is 0 Å². The number of anilines is 2. The molecule has 4 heteroatoms. The maximum absolute atomic E-state index is 8.86. The lowest BCUT2D eigenvalue weighted by atomic mass is 10.1. The first kappa shape index (κ1) is 11.7. The first-order valence-electron chi connectivity index (χ1n) is 5.63. The third-order valence-corrected chi connectivity index (χ3v) is 2.67. The standard InChI is InChI=1S/C13H17N3O/c1-16(2)10-3-4-12-11(9-10)13(5-6-14-12)15-7-8-17/h3-6,9,17H,7-8H2,1-2H3,(H,14,15). The van der Waals surface area contributed by atoms with Gasteiger partial charge >= 0.3 is 0 Å². The van der Waals surface area contributed by atoms with Crippen LogP contribution in [0.25, 0.3) is 10.9 Å². The fraction of sp³-hybridized carbons (Fsp3) is 0.308. The molecule has 1 heterocycles. The van der Waals surface area contributed by atoms with E-state index >= 15 is 0 Å². The highest BCUT2D eigenvalue weighted by atomic mass is 16.3. The zero-order valence-electron chi connectivity index (χ0n) is 10.1. The zero-order valence-corrected chi connectivity index (χ0v) is 10.1. The largest absolute Gasteiger partial charge is 0.395 e. The Bertz CT molecular complexity index is 511. The Labute approximate surface area is 101 Å². The second kappa shape index (κ2) is 5.01. The number of aliphatic hydroxyl groups is 1. The van der Waals surface area contributed by atoms with E-state index in [1.165, 1.54) is 0 Å². The first-order chi connectivity index (χ1) is 8.22. The van der Waals surface area contributed by atoms with Crippen molar-refractivity contribution in [3.63, 3.8) is 0 Å². The van der Waals surface area contributed by atoms with Crippen LogP contribution in [0.15, 0.2) is 30.5 Å². The van der Waals surface area contributed by atoms with Crippen molar-refractivity contribution in [3.05, 3.63) is 30.5 Å². The van der Waals surface area contributed by atoms with E-state index < -0.39 is 0 Å². The van der Waals surface area contributed by atoms with Crippen LogP contribution in [0.1, 0.15) is 0 Å². The number of hydrogen-bond acceptors (Lipinski definition) is 4. The molecule has 90 valence electrons. The molecule has 0 saturated carbocycles. The third-order valence-electron chi connectivity index (χ3n) is 2.67. The Morgan fingerprint density at radius 3 is 2.82 bits per heavy atom. The van der Waals surface area contributed by atoms with Crippen molar-refractivity contribution in [3.8, 4) is 0 Å². The van der Waals surface area contributed by atoms with Gasteiger partial charge < -0.3 is 15.3 Å². The molecule has 0 amide bonds. The minimum absolute atomic E-state index is 0.122. The number of aromatic nitrogens is 1. The smallest absolute Gasteiger partial charge is 0.0724 e. The van der Waals surface area contributed by atoms with Gasteiger partial charge in [-0.05, 0) is 24.3 Å². The molecule has 0 fully saturated rings. The van der Waals surface area contributed by atoms with Gasteiger partial charge in [0.2, 0.25) is 0 Å². The van der Waals surface area contributed by atoms with Crippen LogP contribution in [0.4, 0.5) is 11.4 Å². The third kappa shape index (κ3) is 2.47. The topological polar surface area (TPSA) is 48.4 Å². The van der Waals surface area contributed by atoms with E-state index in [-0.39, 0.29) is 6.61 Å². The fourth-order valence-electron chi connectivity index (χ4n) is 1.76. The Hall–Kier alpha value is -1.81. The average molecular weight is 231 g/mol. The summed E-state index contributed by atoms with van der Waals surface area (Å²) in [6, 6.07) is 8.08. The Morgan fingerprint density at radius 1 is 1.29 bits per heavy atom. The second-order valence-corrected chi connectivity index (χ2v) is 4.10. The summed E-state index contributed by atoms with van der Waals surface area (Å²) >= 11 is 0. The maximum atomic E-state index is 8.86. The molecule has 4 nitrogen and oxygen atoms in total. The number of nitrogens with zero attached hydrogens (tertiary/aromatic N) is 2. The summed E-state index contributed by atoms with van der Waals surface area (Å²) in [7, 11) is 4.02. The summed E-state index contributed by atoms with van der Waals surface area (Å²) in [6.45, 7) is 0.669. The quantitative estimate of drug-likeness (QED) is 0.841. The van der Waals surface area contributed by atoms with Crippen molar-refractivity contribution in [1.82, 2.24) is 4.98 Å². The summed E-state index contributed by atoms with van der Waals surface area (Å²) < 4.78 is 0. The van der Waals surface area contributed by atoms with E-state index in [1.807, 2.05) is 32.3 Å². The van der Waals surface area contributed by atoms with Crippen molar-refractivity contribution >= 4 is 22.3 Å². The van der Waals surface area contributed by atoms with Crippen LogP contribution in [0.3, 0.4) is 0 Å². The van der Waals surface area contributed by atoms with Crippen molar-refractivity contribution in [2.75, 3.05) is 37.5 Å². The molecule has 2 N–H and O–H groups in total. The van der Waals surface area contributed by atoms with Gasteiger partial charge in [0.05, 0.1) is 12.1 Å². The molecule has 0 saturated heterocycles. The molecule has 0 aliphatic carbocycles. The second-order valence-electron chi connectivity index (χ2n) is 4.10. The number of fused-ring (bicyclic) bond motifs is 1. The van der Waals surface area contributed by atoms with E-state index in [1.54, 1.807) is 6.20 Å². The summed E-state index contributed by atoms with van der Waals surface area (Å²) in [5.41, 5.74) is 3.10. The first-order valence-corrected chi connectivity index (χ1v) is 5.63. The Balaban J connectivity index is 2.48. The number of nitrogens with one attached hydrogen (secondary N) is 1. The van der Waals surface area contributed by atoms with E-state index in [0.717, 1.165) is 22.3 Å². The molecular formula is C13H17N3O. The lowest BCUT2D eigenvalue weighted by Crippen LogP contribution is -2.09. The summed E-state index contributed by atoms with van der Waals surface area (Å²) in [6.07, 6.45) is 1.78. The number of hydrogen-bond donors (Lipinski definition) is 2. The SMILES string of the molecule is CN(C)c1ccc2nccc(NCCO)c2c1. The number of rotatable bonds is 4. The molecule has 1 aromatic carbocycles. The Morgan fingerprint density at radius 2 is 2.12 bits per heavy atom. The van der Waals surface area contributed by atoms with Crippen molar-refractivity contribution in [2.24, 2.45) is 0 Å². The highest BCUT2D eigenvalue weighted by Gasteiger charge is 2.03. The predicted octanol–water partition coefficient (Wildman–Crippen LogP) is 1.70.